The third-order valence-corrected chi connectivity index (χ3v) is 4.60. The Kier molecular flexibility index (Phi) is 4.54. The summed E-state index contributed by atoms with van der Waals surface area (Å²) in [6.45, 7) is 1.64. The SMILES string of the molecule is Cc1nc(-c2cccnc2)sc1C(=O)Nc1ccccc1C(F)(F)F. The number of pyridine rings is 1. The largest absolute Gasteiger partial charge is 0.418 e. The maximum absolute atomic E-state index is 13.0. The minimum Gasteiger partial charge on any atom is -0.321 e. The fourth-order valence-electron chi connectivity index (χ4n) is 2.24. The van der Waals surface area contributed by atoms with Crippen molar-refractivity contribution in [1.82, 2.24) is 9.97 Å². The van der Waals surface area contributed by atoms with E-state index in [-0.39, 0.29) is 10.6 Å². The molecule has 0 aliphatic carbocycles. The number of amides is 1. The number of carbonyl (C=O) groups is 1. The van der Waals surface area contributed by atoms with E-state index in [9.17, 15) is 18.0 Å². The van der Waals surface area contributed by atoms with E-state index in [1.165, 1.54) is 18.2 Å². The van der Waals surface area contributed by atoms with Crippen molar-refractivity contribution in [2.75, 3.05) is 5.32 Å². The fourth-order valence-corrected chi connectivity index (χ4v) is 3.19. The van der Waals surface area contributed by atoms with Gasteiger partial charge in [0.25, 0.3) is 5.91 Å². The number of alkyl halides is 3. The number of para-hydroxylation sites is 1. The highest BCUT2D eigenvalue weighted by Crippen LogP contribution is 2.35. The van der Waals surface area contributed by atoms with E-state index in [1.807, 2.05) is 0 Å². The number of nitrogens with zero attached hydrogens (tertiary/aromatic N) is 2. The molecule has 1 aromatic carbocycles. The first kappa shape index (κ1) is 17.1. The lowest BCUT2D eigenvalue weighted by atomic mass is 10.1. The van der Waals surface area contributed by atoms with Crippen molar-refractivity contribution in [1.29, 1.82) is 0 Å². The highest BCUT2D eigenvalue weighted by molar-refractivity contribution is 7.17. The fraction of sp³-hybridized carbons (Fsp3) is 0.118. The molecule has 8 heteroatoms. The molecule has 1 amide bonds. The molecule has 2 heterocycles. The average molecular weight is 363 g/mol. The van der Waals surface area contributed by atoms with Crippen LogP contribution in [0.4, 0.5) is 18.9 Å². The van der Waals surface area contributed by atoms with Gasteiger partial charge in [0.15, 0.2) is 0 Å². The number of hydrogen-bond donors (Lipinski definition) is 1. The van der Waals surface area contributed by atoms with Gasteiger partial charge in [-0.2, -0.15) is 13.2 Å². The summed E-state index contributed by atoms with van der Waals surface area (Å²) in [5, 5.41) is 2.92. The van der Waals surface area contributed by atoms with Crippen molar-refractivity contribution in [3.05, 3.63) is 64.9 Å². The van der Waals surface area contributed by atoms with E-state index in [0.29, 0.717) is 10.7 Å². The summed E-state index contributed by atoms with van der Waals surface area (Å²) >= 11 is 1.11. The Morgan fingerprint density at radius 3 is 2.60 bits per heavy atom. The van der Waals surface area contributed by atoms with Gasteiger partial charge in [-0.25, -0.2) is 4.98 Å². The summed E-state index contributed by atoms with van der Waals surface area (Å²) in [6, 6.07) is 8.40. The molecular formula is C17H12F3N3OS. The number of rotatable bonds is 3. The van der Waals surface area contributed by atoms with Crippen LogP contribution in [0.1, 0.15) is 20.9 Å². The summed E-state index contributed by atoms with van der Waals surface area (Å²) in [4.78, 5) is 21.0. The first-order valence-corrected chi connectivity index (χ1v) is 8.03. The highest BCUT2D eigenvalue weighted by Gasteiger charge is 2.33. The zero-order valence-corrected chi connectivity index (χ0v) is 13.8. The van der Waals surface area contributed by atoms with Gasteiger partial charge < -0.3 is 5.32 Å². The summed E-state index contributed by atoms with van der Waals surface area (Å²) in [5.74, 6) is -0.623. The molecule has 3 rings (SSSR count). The highest BCUT2D eigenvalue weighted by atomic mass is 32.1. The number of aromatic nitrogens is 2. The van der Waals surface area contributed by atoms with Crippen molar-refractivity contribution in [2.45, 2.75) is 13.1 Å². The number of benzene rings is 1. The van der Waals surface area contributed by atoms with Crippen molar-refractivity contribution >= 4 is 22.9 Å². The van der Waals surface area contributed by atoms with Gasteiger partial charge in [-0.15, -0.1) is 11.3 Å². The van der Waals surface area contributed by atoms with Crippen LogP contribution in [0.5, 0.6) is 0 Å². The Morgan fingerprint density at radius 2 is 1.92 bits per heavy atom. The molecule has 0 saturated carbocycles. The maximum atomic E-state index is 13.0. The third-order valence-electron chi connectivity index (χ3n) is 3.39. The molecule has 4 nitrogen and oxygen atoms in total. The van der Waals surface area contributed by atoms with Gasteiger partial charge in [0.1, 0.15) is 9.88 Å². The van der Waals surface area contributed by atoms with E-state index < -0.39 is 17.6 Å². The minimum atomic E-state index is -4.55. The molecule has 3 aromatic rings. The Bertz CT molecular complexity index is 907. The van der Waals surface area contributed by atoms with Crippen molar-refractivity contribution < 1.29 is 18.0 Å². The van der Waals surface area contributed by atoms with Gasteiger partial charge in [0.2, 0.25) is 0 Å². The molecule has 0 fully saturated rings. The molecule has 0 saturated heterocycles. The molecule has 128 valence electrons. The molecule has 0 atom stereocenters. The topological polar surface area (TPSA) is 54.9 Å². The normalized spacial score (nSPS) is 11.4. The smallest absolute Gasteiger partial charge is 0.321 e. The quantitative estimate of drug-likeness (QED) is 0.728. The van der Waals surface area contributed by atoms with Crippen LogP contribution in [0.15, 0.2) is 48.8 Å². The average Bonchev–Trinajstić information content (AvgIpc) is 2.97. The van der Waals surface area contributed by atoms with Crippen molar-refractivity contribution in [3.63, 3.8) is 0 Å². The first-order chi connectivity index (χ1) is 11.9. The Hall–Kier alpha value is -2.74. The van der Waals surface area contributed by atoms with Gasteiger partial charge in [0.05, 0.1) is 16.9 Å². The van der Waals surface area contributed by atoms with Crippen molar-refractivity contribution in [2.24, 2.45) is 0 Å². The van der Waals surface area contributed by atoms with Gasteiger partial charge in [-0.3, -0.25) is 9.78 Å². The second-order valence-corrected chi connectivity index (χ2v) is 6.17. The van der Waals surface area contributed by atoms with Crippen molar-refractivity contribution in [3.8, 4) is 10.6 Å². The first-order valence-electron chi connectivity index (χ1n) is 7.21. The molecule has 0 spiro atoms. The molecule has 0 unspecified atom stereocenters. The lowest BCUT2D eigenvalue weighted by molar-refractivity contribution is -0.136. The lowest BCUT2D eigenvalue weighted by Gasteiger charge is -2.13. The van der Waals surface area contributed by atoms with Gasteiger partial charge in [-0.1, -0.05) is 12.1 Å². The lowest BCUT2D eigenvalue weighted by Crippen LogP contribution is -2.16. The Balaban J connectivity index is 1.90. The summed E-state index contributed by atoms with van der Waals surface area (Å²) in [7, 11) is 0. The standard InChI is InChI=1S/C17H12F3N3OS/c1-10-14(25-16(22-10)11-5-4-8-21-9-11)15(24)23-13-7-3-2-6-12(13)17(18,19)20/h2-9H,1H3,(H,23,24). The molecule has 0 bridgehead atoms. The Morgan fingerprint density at radius 1 is 1.16 bits per heavy atom. The van der Waals surface area contributed by atoms with Crippen LogP contribution in [0.2, 0.25) is 0 Å². The van der Waals surface area contributed by atoms with Crippen LogP contribution in [0.25, 0.3) is 10.6 Å². The predicted molar refractivity (Wildman–Crippen MR) is 89.5 cm³/mol. The zero-order chi connectivity index (χ0) is 18.0. The van der Waals surface area contributed by atoms with E-state index >= 15 is 0 Å². The van der Waals surface area contributed by atoms with Crippen LogP contribution in [-0.2, 0) is 6.18 Å². The second-order valence-electron chi connectivity index (χ2n) is 5.17. The summed E-state index contributed by atoms with van der Waals surface area (Å²) < 4.78 is 39.1. The molecule has 0 aliphatic rings. The molecule has 0 radical (unpaired) electrons. The number of hydrogen-bond acceptors (Lipinski definition) is 4. The summed E-state index contributed by atoms with van der Waals surface area (Å²) in [6.07, 6.45) is -1.32. The number of anilines is 1. The minimum absolute atomic E-state index is 0.260. The van der Waals surface area contributed by atoms with Crippen LogP contribution < -0.4 is 5.32 Å². The molecule has 0 aliphatic heterocycles. The van der Waals surface area contributed by atoms with E-state index in [2.05, 4.69) is 15.3 Å². The number of aryl methyl sites for hydroxylation is 1. The number of thiazole rings is 1. The number of halogens is 3. The molecule has 1 N–H and O–H groups in total. The Labute approximate surface area is 145 Å². The molecule has 2 aromatic heterocycles. The van der Waals surface area contributed by atoms with Crippen LogP contribution in [0.3, 0.4) is 0 Å². The zero-order valence-electron chi connectivity index (χ0n) is 13.0. The second kappa shape index (κ2) is 6.64. The van der Waals surface area contributed by atoms with E-state index in [4.69, 9.17) is 0 Å². The van der Waals surface area contributed by atoms with Gasteiger partial charge >= 0.3 is 6.18 Å². The van der Waals surface area contributed by atoms with Crippen LogP contribution in [0, 0.1) is 6.92 Å². The third kappa shape index (κ3) is 3.69. The number of nitrogens with one attached hydrogen (secondary N) is 1. The van der Waals surface area contributed by atoms with Gasteiger partial charge in [0, 0.05) is 18.0 Å². The molecular weight excluding hydrogens is 351 g/mol. The van der Waals surface area contributed by atoms with Gasteiger partial charge in [-0.05, 0) is 31.2 Å². The van der Waals surface area contributed by atoms with Crippen LogP contribution >= 0.6 is 11.3 Å². The summed E-state index contributed by atoms with van der Waals surface area (Å²) in [5.41, 5.74) is 0.0184. The van der Waals surface area contributed by atoms with Crippen LogP contribution in [-0.4, -0.2) is 15.9 Å². The molecule has 25 heavy (non-hydrogen) atoms. The predicted octanol–water partition coefficient (Wildman–Crippen LogP) is 4.78. The van der Waals surface area contributed by atoms with E-state index in [1.54, 1.807) is 31.5 Å². The van der Waals surface area contributed by atoms with E-state index in [0.717, 1.165) is 23.0 Å². The maximum Gasteiger partial charge on any atom is 0.418 e. The monoisotopic (exact) mass is 363 g/mol. The number of carbonyl (C=O) groups excluding carboxylic acids is 1.